The van der Waals surface area contributed by atoms with Crippen LogP contribution in [0.2, 0.25) is 0 Å². The monoisotopic (exact) mass is 266 g/mol. The highest BCUT2D eigenvalue weighted by Gasteiger charge is 2.19. The van der Waals surface area contributed by atoms with Gasteiger partial charge in [0, 0.05) is 13.1 Å². The number of rotatable bonds is 6. The van der Waals surface area contributed by atoms with Crippen LogP contribution < -0.4 is 0 Å². The fourth-order valence-corrected chi connectivity index (χ4v) is 2.41. The second-order valence-corrected chi connectivity index (χ2v) is 5.21. The van der Waals surface area contributed by atoms with Crippen molar-refractivity contribution in [2.75, 3.05) is 33.2 Å². The minimum absolute atomic E-state index is 0.00907. The molecule has 1 atom stereocenters. The second-order valence-electron chi connectivity index (χ2n) is 5.21. The van der Waals surface area contributed by atoms with Gasteiger partial charge in [0.15, 0.2) is 0 Å². The molecule has 0 amide bonds. The first-order valence-electron chi connectivity index (χ1n) is 6.83. The van der Waals surface area contributed by atoms with Crippen molar-refractivity contribution in [2.45, 2.75) is 25.8 Å². The Balaban J connectivity index is 1.86. The van der Waals surface area contributed by atoms with E-state index in [-0.39, 0.29) is 11.8 Å². The van der Waals surface area contributed by atoms with E-state index in [1.165, 1.54) is 32.0 Å². The third kappa shape index (κ3) is 3.58. The van der Waals surface area contributed by atoms with Gasteiger partial charge in [-0.15, -0.1) is 0 Å². The lowest BCUT2D eigenvalue weighted by Crippen LogP contribution is -2.32. The lowest BCUT2D eigenvalue weighted by Gasteiger charge is -2.25. The number of aromatic carboxylic acids is 1. The van der Waals surface area contributed by atoms with Crippen LogP contribution in [0.25, 0.3) is 0 Å². The minimum Gasteiger partial charge on any atom is -0.475 e. The summed E-state index contributed by atoms with van der Waals surface area (Å²) in [6.07, 6.45) is 2.61. The van der Waals surface area contributed by atoms with Crippen LogP contribution in [0.1, 0.15) is 42.1 Å². The number of hydrogen-bond acceptors (Lipinski definition) is 4. The zero-order chi connectivity index (χ0) is 13.8. The van der Waals surface area contributed by atoms with Crippen LogP contribution in [-0.2, 0) is 0 Å². The van der Waals surface area contributed by atoms with Gasteiger partial charge < -0.3 is 14.4 Å². The lowest BCUT2D eigenvalue weighted by atomic mass is 10.2. The summed E-state index contributed by atoms with van der Waals surface area (Å²) in [5.74, 6) is -0.297. The van der Waals surface area contributed by atoms with Crippen molar-refractivity contribution in [1.29, 1.82) is 0 Å². The molecule has 19 heavy (non-hydrogen) atoms. The minimum atomic E-state index is -1.02. The Morgan fingerprint density at radius 3 is 2.74 bits per heavy atom. The molecule has 2 rings (SSSR count). The Bertz CT molecular complexity index is 424. The molecule has 1 aromatic rings. The van der Waals surface area contributed by atoms with Crippen molar-refractivity contribution in [3.63, 3.8) is 0 Å². The van der Waals surface area contributed by atoms with Crippen molar-refractivity contribution < 1.29 is 14.3 Å². The van der Waals surface area contributed by atoms with Gasteiger partial charge in [-0.25, -0.2) is 4.79 Å². The van der Waals surface area contributed by atoms with E-state index < -0.39 is 5.97 Å². The van der Waals surface area contributed by atoms with E-state index in [0.717, 1.165) is 13.1 Å². The van der Waals surface area contributed by atoms with E-state index >= 15 is 0 Å². The van der Waals surface area contributed by atoms with Crippen LogP contribution in [0.3, 0.4) is 0 Å². The number of carbonyl (C=O) groups is 1. The van der Waals surface area contributed by atoms with Crippen LogP contribution in [0.4, 0.5) is 0 Å². The fourth-order valence-electron chi connectivity index (χ4n) is 2.41. The van der Waals surface area contributed by atoms with Gasteiger partial charge in [-0.3, -0.25) is 4.90 Å². The molecule has 0 radical (unpaired) electrons. The van der Waals surface area contributed by atoms with Crippen LogP contribution in [0.15, 0.2) is 16.5 Å². The average molecular weight is 266 g/mol. The summed E-state index contributed by atoms with van der Waals surface area (Å²) >= 11 is 0. The van der Waals surface area contributed by atoms with Crippen molar-refractivity contribution in [1.82, 2.24) is 9.80 Å². The molecule has 0 spiro atoms. The van der Waals surface area contributed by atoms with Crippen molar-refractivity contribution in [2.24, 2.45) is 0 Å². The maximum Gasteiger partial charge on any atom is 0.371 e. The lowest BCUT2D eigenvalue weighted by molar-refractivity contribution is 0.0656. The van der Waals surface area contributed by atoms with Crippen LogP contribution in [0, 0.1) is 0 Å². The highest BCUT2D eigenvalue weighted by Crippen LogP contribution is 2.21. The first-order chi connectivity index (χ1) is 9.08. The Hall–Kier alpha value is -1.33. The van der Waals surface area contributed by atoms with E-state index in [1.807, 2.05) is 14.0 Å². The number of likely N-dealkylation sites (tertiary alicyclic amines) is 1. The van der Waals surface area contributed by atoms with E-state index in [4.69, 9.17) is 9.52 Å². The molecule has 106 valence electrons. The molecular weight excluding hydrogens is 244 g/mol. The number of furan rings is 1. The van der Waals surface area contributed by atoms with Gasteiger partial charge >= 0.3 is 5.97 Å². The summed E-state index contributed by atoms with van der Waals surface area (Å²) in [5, 5.41) is 8.85. The Morgan fingerprint density at radius 1 is 1.47 bits per heavy atom. The normalized spacial score (nSPS) is 18.1. The SMILES string of the molecule is CC(c1ccc(C(=O)O)o1)N(C)CCN1CCCC1. The summed E-state index contributed by atoms with van der Waals surface area (Å²) < 4.78 is 5.34. The molecule has 5 heteroatoms. The first-order valence-corrected chi connectivity index (χ1v) is 6.83. The number of carboxylic acids is 1. The molecule has 0 aliphatic carbocycles. The Labute approximate surface area is 113 Å². The Kier molecular flexibility index (Phi) is 4.61. The third-order valence-corrected chi connectivity index (χ3v) is 3.88. The van der Waals surface area contributed by atoms with Crippen molar-refractivity contribution in [3.05, 3.63) is 23.7 Å². The van der Waals surface area contributed by atoms with Gasteiger partial charge in [0.05, 0.1) is 6.04 Å². The van der Waals surface area contributed by atoms with E-state index in [2.05, 4.69) is 9.80 Å². The van der Waals surface area contributed by atoms with E-state index in [0.29, 0.717) is 5.76 Å². The molecule has 0 saturated carbocycles. The maximum absolute atomic E-state index is 10.8. The van der Waals surface area contributed by atoms with E-state index in [1.54, 1.807) is 6.07 Å². The first kappa shape index (κ1) is 14.1. The molecule has 1 aliphatic heterocycles. The standard InChI is InChI=1S/C14H22N2O3/c1-11(12-5-6-13(19-12)14(17)18)15(2)9-10-16-7-3-4-8-16/h5-6,11H,3-4,7-10H2,1-2H3,(H,17,18). The number of carboxylic acid groups (broad SMARTS) is 1. The van der Waals surface area contributed by atoms with Crippen LogP contribution in [-0.4, -0.2) is 54.1 Å². The van der Waals surface area contributed by atoms with Gasteiger partial charge in [0.25, 0.3) is 0 Å². The van der Waals surface area contributed by atoms with Gasteiger partial charge in [-0.2, -0.15) is 0 Å². The number of nitrogens with zero attached hydrogens (tertiary/aromatic N) is 2. The smallest absolute Gasteiger partial charge is 0.371 e. The van der Waals surface area contributed by atoms with Gasteiger partial charge in [-0.05, 0) is 52.0 Å². The average Bonchev–Trinajstić information content (AvgIpc) is 3.05. The summed E-state index contributed by atoms with van der Waals surface area (Å²) in [5.41, 5.74) is 0. The number of likely N-dealkylation sites (N-methyl/N-ethyl adjacent to an activating group) is 1. The molecule has 5 nitrogen and oxygen atoms in total. The van der Waals surface area contributed by atoms with Gasteiger partial charge in [0.2, 0.25) is 5.76 Å². The fraction of sp³-hybridized carbons (Fsp3) is 0.643. The molecule has 0 bridgehead atoms. The topological polar surface area (TPSA) is 56.9 Å². The summed E-state index contributed by atoms with van der Waals surface area (Å²) in [7, 11) is 2.05. The van der Waals surface area contributed by atoms with E-state index in [9.17, 15) is 4.79 Å². The summed E-state index contributed by atoms with van der Waals surface area (Å²) in [6.45, 7) is 6.46. The van der Waals surface area contributed by atoms with Crippen molar-refractivity contribution in [3.8, 4) is 0 Å². The zero-order valence-electron chi connectivity index (χ0n) is 11.6. The highest BCUT2D eigenvalue weighted by atomic mass is 16.4. The maximum atomic E-state index is 10.8. The Morgan fingerprint density at radius 2 is 2.16 bits per heavy atom. The number of hydrogen-bond donors (Lipinski definition) is 1. The molecule has 0 aromatic carbocycles. The largest absolute Gasteiger partial charge is 0.475 e. The predicted molar refractivity (Wildman–Crippen MR) is 72.4 cm³/mol. The molecule has 1 saturated heterocycles. The molecule has 1 N–H and O–H groups in total. The van der Waals surface area contributed by atoms with Gasteiger partial charge in [-0.1, -0.05) is 0 Å². The summed E-state index contributed by atoms with van der Waals surface area (Å²) in [6, 6.07) is 3.36. The highest BCUT2D eigenvalue weighted by molar-refractivity contribution is 5.84. The molecule has 1 unspecified atom stereocenters. The molecule has 1 fully saturated rings. The van der Waals surface area contributed by atoms with Crippen LogP contribution in [0.5, 0.6) is 0 Å². The van der Waals surface area contributed by atoms with Crippen molar-refractivity contribution >= 4 is 5.97 Å². The predicted octanol–water partition coefficient (Wildman–Crippen LogP) is 2.07. The second kappa shape index (κ2) is 6.21. The van der Waals surface area contributed by atoms with Crippen LogP contribution >= 0.6 is 0 Å². The summed E-state index contributed by atoms with van der Waals surface area (Å²) in [4.78, 5) is 15.5. The van der Waals surface area contributed by atoms with Gasteiger partial charge in [0.1, 0.15) is 5.76 Å². The molecule has 1 aliphatic rings. The zero-order valence-corrected chi connectivity index (χ0v) is 11.6. The molecule has 2 heterocycles. The molecule has 1 aromatic heterocycles. The quantitative estimate of drug-likeness (QED) is 0.854. The molecular formula is C14H22N2O3. The third-order valence-electron chi connectivity index (χ3n) is 3.88.